The highest BCUT2D eigenvalue weighted by Crippen LogP contribution is 2.43. The molecule has 0 radical (unpaired) electrons. The van der Waals surface area contributed by atoms with E-state index in [1.165, 1.54) is 0 Å². The van der Waals surface area contributed by atoms with Gasteiger partial charge in [-0.25, -0.2) is 4.79 Å². The summed E-state index contributed by atoms with van der Waals surface area (Å²) in [4.78, 5) is 37.5. The lowest BCUT2D eigenvalue weighted by Gasteiger charge is -2.20. The van der Waals surface area contributed by atoms with Crippen molar-refractivity contribution in [3.63, 3.8) is 0 Å². The molecule has 1 saturated carbocycles. The molecule has 2 fully saturated rings. The van der Waals surface area contributed by atoms with Crippen molar-refractivity contribution in [3.8, 4) is 11.1 Å². The van der Waals surface area contributed by atoms with E-state index in [1.54, 1.807) is 18.2 Å². The summed E-state index contributed by atoms with van der Waals surface area (Å²) in [6.07, 6.45) is 4.37. The average Bonchev–Trinajstić information content (AvgIpc) is 3.42. The smallest absolute Gasteiger partial charge is 0.338 e. The van der Waals surface area contributed by atoms with E-state index in [1.807, 2.05) is 72.8 Å². The van der Waals surface area contributed by atoms with Crippen LogP contribution in [0.25, 0.3) is 11.1 Å². The predicted octanol–water partition coefficient (Wildman–Crippen LogP) is 6.35. The molecule has 0 N–H and O–H groups in total. The van der Waals surface area contributed by atoms with Crippen LogP contribution in [0.4, 0.5) is 0 Å². The Morgan fingerprint density at radius 1 is 0.946 bits per heavy atom. The number of halogens is 1. The molecule has 0 bridgehead atoms. The largest absolute Gasteiger partial charge is 0.462 e. The molecule has 37 heavy (non-hydrogen) atoms. The summed E-state index contributed by atoms with van der Waals surface area (Å²) in [5.74, 6) is -1.01. The second-order valence-electron chi connectivity index (χ2n) is 9.55. The van der Waals surface area contributed by atoms with Crippen molar-refractivity contribution in [1.82, 2.24) is 0 Å². The van der Waals surface area contributed by atoms with Crippen LogP contribution in [0, 0.1) is 11.8 Å². The summed E-state index contributed by atoms with van der Waals surface area (Å²) in [7, 11) is 0. The van der Waals surface area contributed by atoms with Gasteiger partial charge in [-0.1, -0.05) is 76.6 Å². The molecule has 1 aliphatic carbocycles. The SMILES string of the molecule is O=C(/C=C/[C@@H]1[C@H]2CC(=O)O[C@H]2C[C@H]1OC(=O)c1ccc(-c2ccccc2)cc1)CCc1ccc(Br)cc1. The minimum absolute atomic E-state index is 0.00168. The van der Waals surface area contributed by atoms with Gasteiger partial charge in [0.2, 0.25) is 0 Å². The van der Waals surface area contributed by atoms with Gasteiger partial charge in [0.15, 0.2) is 5.78 Å². The molecule has 1 heterocycles. The van der Waals surface area contributed by atoms with Gasteiger partial charge in [-0.3, -0.25) is 9.59 Å². The molecule has 3 aromatic rings. The summed E-state index contributed by atoms with van der Waals surface area (Å²) in [5.41, 5.74) is 3.64. The van der Waals surface area contributed by atoms with Gasteiger partial charge in [0.1, 0.15) is 12.2 Å². The Bertz CT molecular complexity index is 1300. The number of aryl methyl sites for hydroxylation is 1. The molecular weight excluding hydrogens is 532 g/mol. The summed E-state index contributed by atoms with van der Waals surface area (Å²) >= 11 is 3.42. The third-order valence-corrected chi connectivity index (χ3v) is 7.64. The van der Waals surface area contributed by atoms with E-state index < -0.39 is 12.1 Å². The molecule has 0 aromatic heterocycles. The van der Waals surface area contributed by atoms with Crippen LogP contribution in [0.15, 0.2) is 95.5 Å². The van der Waals surface area contributed by atoms with E-state index in [9.17, 15) is 14.4 Å². The maximum absolute atomic E-state index is 13.0. The van der Waals surface area contributed by atoms with Crippen LogP contribution in [-0.2, 0) is 25.5 Å². The number of rotatable bonds is 8. The van der Waals surface area contributed by atoms with Crippen LogP contribution in [0.3, 0.4) is 0 Å². The van der Waals surface area contributed by atoms with E-state index in [4.69, 9.17) is 9.47 Å². The molecule has 2 aliphatic rings. The molecule has 1 aliphatic heterocycles. The standard InChI is InChI=1S/C31H27BrO5/c32-24-13-6-20(7-14-24)8-15-25(33)16-17-26-27-18-30(34)36-29(27)19-28(26)37-31(35)23-11-9-22(10-12-23)21-4-2-1-3-5-21/h1-7,9-14,16-17,26-29H,8,15,18-19H2/b17-16+/t26-,27-,28-,29+/m1/s1. The van der Waals surface area contributed by atoms with Crippen molar-refractivity contribution in [3.05, 3.63) is 107 Å². The molecule has 0 unspecified atom stereocenters. The lowest BCUT2D eigenvalue weighted by atomic mass is 9.91. The Morgan fingerprint density at radius 3 is 2.38 bits per heavy atom. The van der Waals surface area contributed by atoms with Crippen molar-refractivity contribution in [2.24, 2.45) is 11.8 Å². The van der Waals surface area contributed by atoms with Gasteiger partial charge in [0.25, 0.3) is 0 Å². The topological polar surface area (TPSA) is 69.7 Å². The van der Waals surface area contributed by atoms with Crippen molar-refractivity contribution >= 4 is 33.7 Å². The quantitative estimate of drug-likeness (QED) is 0.238. The van der Waals surface area contributed by atoms with E-state index in [0.29, 0.717) is 24.8 Å². The Hall–Kier alpha value is -3.51. The number of ether oxygens (including phenoxy) is 2. The summed E-state index contributed by atoms with van der Waals surface area (Å²) in [5, 5.41) is 0. The number of benzene rings is 3. The van der Waals surface area contributed by atoms with E-state index in [-0.39, 0.29) is 36.1 Å². The Balaban J connectivity index is 1.24. The fraction of sp³-hybridized carbons (Fsp3) is 0.258. The maximum Gasteiger partial charge on any atom is 0.338 e. The minimum atomic E-state index is -0.458. The third kappa shape index (κ3) is 6.08. The molecule has 0 amide bonds. The number of hydrogen-bond acceptors (Lipinski definition) is 5. The highest BCUT2D eigenvalue weighted by atomic mass is 79.9. The molecule has 1 saturated heterocycles. The van der Waals surface area contributed by atoms with Gasteiger partial charge in [-0.15, -0.1) is 0 Å². The minimum Gasteiger partial charge on any atom is -0.462 e. The first-order valence-electron chi connectivity index (χ1n) is 12.5. The summed E-state index contributed by atoms with van der Waals surface area (Å²) < 4.78 is 12.4. The van der Waals surface area contributed by atoms with Gasteiger partial charge in [-0.05, 0) is 53.5 Å². The molecule has 5 rings (SSSR count). The van der Waals surface area contributed by atoms with Crippen molar-refractivity contribution in [1.29, 1.82) is 0 Å². The number of carbonyl (C=O) groups is 3. The molecule has 0 spiro atoms. The first kappa shape index (κ1) is 25.2. The zero-order chi connectivity index (χ0) is 25.8. The lowest BCUT2D eigenvalue weighted by Crippen LogP contribution is -2.25. The summed E-state index contributed by atoms with van der Waals surface area (Å²) in [6, 6.07) is 25.2. The zero-order valence-corrected chi connectivity index (χ0v) is 21.8. The molecule has 3 aromatic carbocycles. The van der Waals surface area contributed by atoms with Crippen molar-refractivity contribution in [2.75, 3.05) is 0 Å². The second kappa shape index (κ2) is 11.3. The molecule has 5 nitrogen and oxygen atoms in total. The normalized spacial score (nSPS) is 22.6. The number of hydrogen-bond donors (Lipinski definition) is 0. The number of esters is 2. The molecule has 188 valence electrons. The monoisotopic (exact) mass is 558 g/mol. The molecule has 4 atom stereocenters. The number of fused-ring (bicyclic) bond motifs is 1. The molecule has 6 heteroatoms. The first-order chi connectivity index (χ1) is 18.0. The van der Waals surface area contributed by atoms with E-state index in [2.05, 4.69) is 15.9 Å². The zero-order valence-electron chi connectivity index (χ0n) is 20.2. The second-order valence-corrected chi connectivity index (χ2v) is 10.5. The van der Waals surface area contributed by atoms with Crippen molar-refractivity contribution < 1.29 is 23.9 Å². The number of ketones is 1. The Labute approximate surface area is 224 Å². The van der Waals surface area contributed by atoms with Crippen LogP contribution in [0.5, 0.6) is 0 Å². The molecular formula is C31H27BrO5. The highest BCUT2D eigenvalue weighted by Gasteiger charge is 2.50. The van der Waals surface area contributed by atoms with Crippen molar-refractivity contribution in [2.45, 2.75) is 37.9 Å². The summed E-state index contributed by atoms with van der Waals surface area (Å²) in [6.45, 7) is 0. The Kier molecular flexibility index (Phi) is 7.65. The highest BCUT2D eigenvalue weighted by molar-refractivity contribution is 9.10. The van der Waals surface area contributed by atoms with Crippen LogP contribution in [0.1, 0.15) is 35.2 Å². The van der Waals surface area contributed by atoms with Crippen LogP contribution < -0.4 is 0 Å². The van der Waals surface area contributed by atoms with Gasteiger partial charge >= 0.3 is 11.9 Å². The average molecular weight is 559 g/mol. The van der Waals surface area contributed by atoms with Crippen LogP contribution in [-0.4, -0.2) is 29.9 Å². The Morgan fingerprint density at radius 2 is 1.65 bits per heavy atom. The van der Waals surface area contributed by atoms with Gasteiger partial charge < -0.3 is 9.47 Å². The third-order valence-electron chi connectivity index (χ3n) is 7.11. The van der Waals surface area contributed by atoms with Gasteiger partial charge in [-0.2, -0.15) is 0 Å². The van der Waals surface area contributed by atoms with Crippen LogP contribution >= 0.6 is 15.9 Å². The van der Waals surface area contributed by atoms with Gasteiger partial charge in [0, 0.05) is 29.2 Å². The lowest BCUT2D eigenvalue weighted by molar-refractivity contribution is -0.141. The maximum atomic E-state index is 13.0. The fourth-order valence-electron chi connectivity index (χ4n) is 5.15. The number of carbonyl (C=O) groups excluding carboxylic acids is 3. The van der Waals surface area contributed by atoms with E-state index in [0.717, 1.165) is 21.2 Å². The van der Waals surface area contributed by atoms with Gasteiger partial charge in [0.05, 0.1) is 12.0 Å². The number of allylic oxidation sites excluding steroid dienone is 1. The first-order valence-corrected chi connectivity index (χ1v) is 13.3. The fourth-order valence-corrected chi connectivity index (χ4v) is 5.41. The van der Waals surface area contributed by atoms with E-state index >= 15 is 0 Å². The predicted molar refractivity (Wildman–Crippen MR) is 144 cm³/mol. The van der Waals surface area contributed by atoms with Crippen LogP contribution in [0.2, 0.25) is 0 Å².